The van der Waals surface area contributed by atoms with E-state index in [4.69, 9.17) is 5.26 Å². The second-order valence-electron chi connectivity index (χ2n) is 4.58. The van der Waals surface area contributed by atoms with Crippen molar-refractivity contribution in [2.45, 2.75) is 20.3 Å². The fraction of sp³-hybridized carbons (Fsp3) is 0.429. The lowest BCUT2D eigenvalue weighted by Crippen LogP contribution is -2.29. The van der Waals surface area contributed by atoms with Crippen LogP contribution in [0.4, 0.5) is 10.1 Å². The molecular weight excluding hydrogens is 231 g/mol. The molecule has 1 aromatic carbocycles. The Morgan fingerprint density at radius 3 is 2.72 bits per heavy atom. The summed E-state index contributed by atoms with van der Waals surface area (Å²) in [7, 11) is 0. The molecule has 0 atom stereocenters. The maximum atomic E-state index is 13.9. The van der Waals surface area contributed by atoms with Crippen LogP contribution < -0.4 is 4.90 Å². The molecule has 0 aliphatic carbocycles. The van der Waals surface area contributed by atoms with Crippen LogP contribution in [0, 0.1) is 23.1 Å². The molecule has 0 aliphatic rings. The minimum Gasteiger partial charge on any atom is -0.368 e. The molecule has 0 fully saturated rings. The van der Waals surface area contributed by atoms with Gasteiger partial charge in [-0.25, -0.2) is 4.39 Å². The van der Waals surface area contributed by atoms with E-state index in [0.29, 0.717) is 43.0 Å². The Morgan fingerprint density at radius 1 is 1.50 bits per heavy atom. The minimum atomic E-state index is -0.418. The second-order valence-corrected chi connectivity index (χ2v) is 4.58. The van der Waals surface area contributed by atoms with Crippen molar-refractivity contribution in [2.75, 3.05) is 18.0 Å². The van der Waals surface area contributed by atoms with Crippen molar-refractivity contribution in [3.05, 3.63) is 29.6 Å². The van der Waals surface area contributed by atoms with Crippen LogP contribution in [0.1, 0.15) is 30.6 Å². The highest BCUT2D eigenvalue weighted by molar-refractivity contribution is 5.76. The van der Waals surface area contributed by atoms with Gasteiger partial charge in [0.05, 0.1) is 18.2 Å². The normalized spacial score (nSPS) is 10.2. The van der Waals surface area contributed by atoms with Crippen molar-refractivity contribution >= 4 is 12.0 Å². The monoisotopic (exact) mass is 248 g/mol. The number of carbonyl (C=O) groups excluding carboxylic acids is 1. The zero-order valence-corrected chi connectivity index (χ0v) is 10.7. The molecule has 0 aliphatic heterocycles. The summed E-state index contributed by atoms with van der Waals surface area (Å²) in [5.41, 5.74) is 0.769. The lowest BCUT2D eigenvalue weighted by atomic mass is 10.1. The molecule has 4 heteroatoms. The van der Waals surface area contributed by atoms with Gasteiger partial charge in [0.2, 0.25) is 0 Å². The number of benzene rings is 1. The summed E-state index contributed by atoms with van der Waals surface area (Å²) in [6.45, 7) is 5.25. The summed E-state index contributed by atoms with van der Waals surface area (Å²) in [5, 5.41) is 8.63. The van der Waals surface area contributed by atoms with Crippen LogP contribution in [-0.2, 0) is 0 Å². The number of halogens is 1. The molecule has 18 heavy (non-hydrogen) atoms. The minimum absolute atomic E-state index is 0.320. The van der Waals surface area contributed by atoms with E-state index in [1.165, 1.54) is 6.07 Å². The molecule has 0 saturated heterocycles. The van der Waals surface area contributed by atoms with Crippen LogP contribution in [0.2, 0.25) is 0 Å². The van der Waals surface area contributed by atoms with Crippen molar-refractivity contribution in [1.82, 2.24) is 0 Å². The fourth-order valence-corrected chi connectivity index (χ4v) is 1.79. The molecule has 0 radical (unpaired) electrons. The fourth-order valence-electron chi connectivity index (χ4n) is 1.79. The van der Waals surface area contributed by atoms with Gasteiger partial charge in [0.15, 0.2) is 0 Å². The van der Waals surface area contributed by atoms with E-state index in [-0.39, 0.29) is 0 Å². The van der Waals surface area contributed by atoms with Crippen LogP contribution in [0.15, 0.2) is 18.2 Å². The van der Waals surface area contributed by atoms with Crippen molar-refractivity contribution in [3.8, 4) is 6.07 Å². The summed E-state index contributed by atoms with van der Waals surface area (Å²) >= 11 is 0. The Bertz CT molecular complexity index is 452. The van der Waals surface area contributed by atoms with E-state index in [1.54, 1.807) is 12.1 Å². The number of aldehydes is 1. The number of carbonyl (C=O) groups is 1. The average molecular weight is 248 g/mol. The zero-order valence-electron chi connectivity index (χ0n) is 10.7. The van der Waals surface area contributed by atoms with Crippen molar-refractivity contribution in [1.29, 1.82) is 5.26 Å². The van der Waals surface area contributed by atoms with E-state index >= 15 is 0 Å². The molecule has 0 saturated carbocycles. The topological polar surface area (TPSA) is 44.1 Å². The highest BCUT2D eigenvalue weighted by atomic mass is 19.1. The maximum absolute atomic E-state index is 13.9. The zero-order chi connectivity index (χ0) is 13.5. The first kappa shape index (κ1) is 14.2. The summed E-state index contributed by atoms with van der Waals surface area (Å²) < 4.78 is 13.9. The number of nitriles is 1. The maximum Gasteiger partial charge on any atom is 0.150 e. The van der Waals surface area contributed by atoms with Gasteiger partial charge in [-0.15, -0.1) is 0 Å². The Kier molecular flexibility index (Phi) is 5.31. The molecule has 96 valence electrons. The van der Waals surface area contributed by atoms with Crippen LogP contribution >= 0.6 is 0 Å². The van der Waals surface area contributed by atoms with Crippen LogP contribution in [0.3, 0.4) is 0 Å². The quantitative estimate of drug-likeness (QED) is 0.727. The Hall–Kier alpha value is -1.89. The summed E-state index contributed by atoms with van der Waals surface area (Å²) in [6.07, 6.45) is 0.969. The molecule has 1 aromatic rings. The molecule has 0 amide bonds. The van der Waals surface area contributed by atoms with Gasteiger partial charge in [0.25, 0.3) is 0 Å². The van der Waals surface area contributed by atoms with Crippen LogP contribution in [0.25, 0.3) is 0 Å². The third-order valence-corrected chi connectivity index (χ3v) is 2.53. The molecule has 0 bridgehead atoms. The lowest BCUT2D eigenvalue weighted by molar-refractivity contribution is 0.112. The van der Waals surface area contributed by atoms with Gasteiger partial charge in [-0.1, -0.05) is 13.8 Å². The second kappa shape index (κ2) is 6.75. The van der Waals surface area contributed by atoms with E-state index < -0.39 is 5.82 Å². The molecular formula is C14H17FN2O. The average Bonchev–Trinajstić information content (AvgIpc) is 2.34. The van der Waals surface area contributed by atoms with Gasteiger partial charge in [0.1, 0.15) is 12.1 Å². The standard InChI is InChI=1S/C14H17FN2O/c1-11(2)9-17(7-3-6-16)14-5-4-12(10-18)8-13(14)15/h4-5,8,10-11H,3,7,9H2,1-2H3. The van der Waals surface area contributed by atoms with Gasteiger partial charge >= 0.3 is 0 Å². The molecule has 0 spiro atoms. The Balaban J connectivity index is 2.97. The largest absolute Gasteiger partial charge is 0.368 e. The smallest absolute Gasteiger partial charge is 0.150 e. The van der Waals surface area contributed by atoms with Crippen molar-refractivity contribution in [3.63, 3.8) is 0 Å². The third-order valence-electron chi connectivity index (χ3n) is 2.53. The first-order valence-electron chi connectivity index (χ1n) is 5.95. The molecule has 0 unspecified atom stereocenters. The van der Waals surface area contributed by atoms with Gasteiger partial charge in [-0.3, -0.25) is 4.79 Å². The van der Waals surface area contributed by atoms with Gasteiger partial charge in [0, 0.05) is 18.7 Å². The van der Waals surface area contributed by atoms with Crippen molar-refractivity contribution < 1.29 is 9.18 Å². The van der Waals surface area contributed by atoms with E-state index in [2.05, 4.69) is 6.07 Å². The summed E-state index contributed by atoms with van der Waals surface area (Å²) in [5.74, 6) is -0.0490. The number of nitrogens with zero attached hydrogens (tertiary/aromatic N) is 2. The molecule has 1 rings (SSSR count). The first-order valence-corrected chi connectivity index (χ1v) is 5.95. The SMILES string of the molecule is CC(C)CN(CCC#N)c1ccc(C=O)cc1F. The number of hydrogen-bond acceptors (Lipinski definition) is 3. The number of anilines is 1. The third kappa shape index (κ3) is 3.85. The van der Waals surface area contributed by atoms with E-state index in [9.17, 15) is 9.18 Å². The van der Waals surface area contributed by atoms with Gasteiger partial charge in [-0.05, 0) is 24.1 Å². The Morgan fingerprint density at radius 2 is 2.22 bits per heavy atom. The van der Waals surface area contributed by atoms with E-state index in [0.717, 1.165) is 0 Å². The number of hydrogen-bond donors (Lipinski definition) is 0. The molecule has 0 heterocycles. The first-order chi connectivity index (χ1) is 8.58. The van der Waals surface area contributed by atoms with Crippen LogP contribution in [-0.4, -0.2) is 19.4 Å². The molecule has 3 nitrogen and oxygen atoms in total. The Labute approximate surface area is 107 Å². The summed E-state index contributed by atoms with van der Waals surface area (Å²) in [4.78, 5) is 12.4. The highest BCUT2D eigenvalue weighted by Crippen LogP contribution is 2.21. The lowest BCUT2D eigenvalue weighted by Gasteiger charge is -2.26. The molecule has 0 N–H and O–H groups in total. The van der Waals surface area contributed by atoms with Crippen LogP contribution in [0.5, 0.6) is 0 Å². The summed E-state index contributed by atoms with van der Waals surface area (Å²) in [6, 6.07) is 6.47. The molecule has 0 aromatic heterocycles. The van der Waals surface area contributed by atoms with E-state index in [1.807, 2.05) is 18.7 Å². The number of rotatable bonds is 6. The predicted molar refractivity (Wildman–Crippen MR) is 69.1 cm³/mol. The predicted octanol–water partition coefficient (Wildman–Crippen LogP) is 3.01. The highest BCUT2D eigenvalue weighted by Gasteiger charge is 2.13. The van der Waals surface area contributed by atoms with Gasteiger partial charge < -0.3 is 4.90 Å². The van der Waals surface area contributed by atoms with Gasteiger partial charge in [-0.2, -0.15) is 5.26 Å². The van der Waals surface area contributed by atoms with Crippen molar-refractivity contribution in [2.24, 2.45) is 5.92 Å².